The van der Waals surface area contributed by atoms with Crippen LogP contribution < -0.4 is 5.32 Å². The predicted octanol–water partition coefficient (Wildman–Crippen LogP) is 3.07. The summed E-state index contributed by atoms with van der Waals surface area (Å²) in [4.78, 5) is 4.51. The summed E-state index contributed by atoms with van der Waals surface area (Å²) in [5.74, 6) is 0.946. The highest BCUT2D eigenvalue weighted by atomic mass is 32.1. The number of nitrogens with zero attached hydrogens (tertiary/aromatic N) is 1. The number of aromatic nitrogens is 1. The third-order valence-electron chi connectivity index (χ3n) is 2.44. The van der Waals surface area contributed by atoms with Crippen LogP contribution >= 0.6 is 11.3 Å². The van der Waals surface area contributed by atoms with Crippen molar-refractivity contribution in [1.82, 2.24) is 10.3 Å². The molecule has 0 saturated heterocycles. The molecule has 1 N–H and O–H groups in total. The van der Waals surface area contributed by atoms with Crippen molar-refractivity contribution < 1.29 is 4.42 Å². The Balaban J connectivity index is 2.02. The van der Waals surface area contributed by atoms with Gasteiger partial charge in [0.25, 0.3) is 0 Å². The summed E-state index contributed by atoms with van der Waals surface area (Å²) < 4.78 is 5.29. The maximum atomic E-state index is 5.29. The topological polar surface area (TPSA) is 38.1 Å². The molecule has 0 aliphatic carbocycles. The van der Waals surface area contributed by atoms with Gasteiger partial charge in [-0.25, -0.2) is 4.98 Å². The van der Waals surface area contributed by atoms with Crippen molar-refractivity contribution in [3.05, 3.63) is 40.2 Å². The Morgan fingerprint density at radius 1 is 1.50 bits per heavy atom. The van der Waals surface area contributed by atoms with Crippen LogP contribution in [0, 0.1) is 6.92 Å². The molecule has 0 aliphatic rings. The molecule has 2 rings (SSSR count). The first-order valence-electron chi connectivity index (χ1n) is 5.28. The minimum absolute atomic E-state index is 0.119. The summed E-state index contributed by atoms with van der Waals surface area (Å²) in [6, 6.07) is 3.87. The van der Waals surface area contributed by atoms with Gasteiger partial charge in [0.2, 0.25) is 0 Å². The zero-order valence-electron chi connectivity index (χ0n) is 9.78. The number of nitrogens with one attached hydrogen (secondary N) is 1. The standard InChI is InChI=1S/C12H16N2OS/c1-9-8-16-11(14-9)12(2,3)13-7-10-5-4-6-15-10/h4-6,8,13H,7H2,1-3H3. The van der Waals surface area contributed by atoms with Gasteiger partial charge in [-0.3, -0.25) is 5.32 Å². The molecule has 3 nitrogen and oxygen atoms in total. The molecule has 16 heavy (non-hydrogen) atoms. The second-order valence-electron chi connectivity index (χ2n) is 4.35. The predicted molar refractivity (Wildman–Crippen MR) is 65.4 cm³/mol. The van der Waals surface area contributed by atoms with Crippen molar-refractivity contribution >= 4 is 11.3 Å². The van der Waals surface area contributed by atoms with E-state index in [0.29, 0.717) is 0 Å². The molecule has 0 saturated carbocycles. The third-order valence-corrected chi connectivity index (χ3v) is 3.72. The highest BCUT2D eigenvalue weighted by Crippen LogP contribution is 2.24. The summed E-state index contributed by atoms with van der Waals surface area (Å²) in [5, 5.41) is 6.63. The van der Waals surface area contributed by atoms with E-state index in [4.69, 9.17) is 4.42 Å². The molecule has 0 bridgehead atoms. The van der Waals surface area contributed by atoms with Crippen LogP contribution in [0.3, 0.4) is 0 Å². The molecule has 0 atom stereocenters. The summed E-state index contributed by atoms with van der Waals surface area (Å²) in [5.41, 5.74) is 0.957. The van der Waals surface area contributed by atoms with Crippen molar-refractivity contribution in [2.24, 2.45) is 0 Å². The lowest BCUT2D eigenvalue weighted by Gasteiger charge is -2.23. The minimum atomic E-state index is -0.119. The van der Waals surface area contributed by atoms with E-state index in [2.05, 4.69) is 29.5 Å². The van der Waals surface area contributed by atoms with E-state index in [0.717, 1.165) is 23.0 Å². The number of aryl methyl sites for hydroxylation is 1. The molecule has 0 spiro atoms. The van der Waals surface area contributed by atoms with Gasteiger partial charge in [-0.1, -0.05) is 0 Å². The van der Waals surface area contributed by atoms with Gasteiger partial charge in [0.05, 0.1) is 18.3 Å². The highest BCUT2D eigenvalue weighted by Gasteiger charge is 2.23. The molecule has 0 fully saturated rings. The van der Waals surface area contributed by atoms with Crippen molar-refractivity contribution in [2.45, 2.75) is 32.9 Å². The second-order valence-corrected chi connectivity index (χ2v) is 5.21. The molecule has 0 amide bonds. The molecule has 2 heterocycles. The Labute approximate surface area is 99.5 Å². The number of thiazole rings is 1. The smallest absolute Gasteiger partial charge is 0.117 e. The van der Waals surface area contributed by atoms with E-state index in [9.17, 15) is 0 Å². The molecular formula is C12H16N2OS. The Hall–Kier alpha value is -1.13. The number of rotatable bonds is 4. The van der Waals surface area contributed by atoms with Crippen LogP contribution in [0.2, 0.25) is 0 Å². The molecule has 0 aromatic carbocycles. The lowest BCUT2D eigenvalue weighted by atomic mass is 10.1. The van der Waals surface area contributed by atoms with Crippen LogP contribution in [0.5, 0.6) is 0 Å². The van der Waals surface area contributed by atoms with E-state index in [1.165, 1.54) is 0 Å². The van der Waals surface area contributed by atoms with E-state index in [-0.39, 0.29) is 5.54 Å². The van der Waals surface area contributed by atoms with Crippen molar-refractivity contribution in [3.8, 4) is 0 Å². The van der Waals surface area contributed by atoms with Gasteiger partial charge >= 0.3 is 0 Å². The van der Waals surface area contributed by atoms with Crippen LogP contribution in [-0.2, 0) is 12.1 Å². The van der Waals surface area contributed by atoms with Crippen LogP contribution in [0.4, 0.5) is 0 Å². The molecular weight excluding hydrogens is 220 g/mol. The lowest BCUT2D eigenvalue weighted by molar-refractivity contribution is 0.369. The van der Waals surface area contributed by atoms with Gasteiger partial charge in [-0.15, -0.1) is 11.3 Å². The van der Waals surface area contributed by atoms with E-state index < -0.39 is 0 Å². The first-order chi connectivity index (χ1) is 7.58. The van der Waals surface area contributed by atoms with E-state index in [1.807, 2.05) is 19.1 Å². The quantitative estimate of drug-likeness (QED) is 0.886. The average Bonchev–Trinajstić information content (AvgIpc) is 2.85. The second kappa shape index (κ2) is 4.39. The van der Waals surface area contributed by atoms with Gasteiger partial charge in [-0.2, -0.15) is 0 Å². The summed E-state index contributed by atoms with van der Waals surface area (Å²) >= 11 is 1.69. The first kappa shape index (κ1) is 11.4. The van der Waals surface area contributed by atoms with E-state index in [1.54, 1.807) is 17.6 Å². The fourth-order valence-electron chi connectivity index (χ4n) is 1.44. The fraction of sp³-hybridized carbons (Fsp3) is 0.417. The van der Waals surface area contributed by atoms with Crippen molar-refractivity contribution in [1.29, 1.82) is 0 Å². The molecule has 4 heteroatoms. The number of hydrogen-bond acceptors (Lipinski definition) is 4. The van der Waals surface area contributed by atoms with Gasteiger partial charge in [-0.05, 0) is 32.9 Å². The SMILES string of the molecule is Cc1csc(C(C)(C)NCc2ccco2)n1. The zero-order valence-corrected chi connectivity index (χ0v) is 10.6. The number of hydrogen-bond donors (Lipinski definition) is 1. The lowest BCUT2D eigenvalue weighted by Crippen LogP contribution is -2.35. The van der Waals surface area contributed by atoms with Gasteiger partial charge < -0.3 is 4.42 Å². The minimum Gasteiger partial charge on any atom is -0.468 e. The van der Waals surface area contributed by atoms with Crippen molar-refractivity contribution in [3.63, 3.8) is 0 Å². The normalized spacial score (nSPS) is 11.9. The van der Waals surface area contributed by atoms with Crippen LogP contribution in [-0.4, -0.2) is 4.98 Å². The number of furan rings is 1. The third kappa shape index (κ3) is 2.51. The maximum Gasteiger partial charge on any atom is 0.117 e. The maximum absolute atomic E-state index is 5.29. The Bertz CT molecular complexity index is 445. The van der Waals surface area contributed by atoms with Gasteiger partial charge in [0.15, 0.2) is 0 Å². The van der Waals surface area contributed by atoms with Crippen LogP contribution in [0.1, 0.15) is 30.3 Å². The van der Waals surface area contributed by atoms with Crippen LogP contribution in [0.15, 0.2) is 28.2 Å². The first-order valence-corrected chi connectivity index (χ1v) is 6.16. The summed E-state index contributed by atoms with van der Waals surface area (Å²) in [6.07, 6.45) is 1.69. The molecule has 2 aromatic heterocycles. The fourth-order valence-corrected chi connectivity index (χ4v) is 2.34. The monoisotopic (exact) mass is 236 g/mol. The molecule has 2 aromatic rings. The summed E-state index contributed by atoms with van der Waals surface area (Å²) in [7, 11) is 0. The molecule has 0 aliphatic heterocycles. The largest absolute Gasteiger partial charge is 0.468 e. The Morgan fingerprint density at radius 2 is 2.31 bits per heavy atom. The van der Waals surface area contributed by atoms with Gasteiger partial charge in [0.1, 0.15) is 10.8 Å². The van der Waals surface area contributed by atoms with E-state index >= 15 is 0 Å². The van der Waals surface area contributed by atoms with Crippen LogP contribution in [0.25, 0.3) is 0 Å². The molecule has 0 unspecified atom stereocenters. The van der Waals surface area contributed by atoms with Gasteiger partial charge in [0, 0.05) is 11.1 Å². The Morgan fingerprint density at radius 3 is 2.88 bits per heavy atom. The average molecular weight is 236 g/mol. The molecule has 0 radical (unpaired) electrons. The highest BCUT2D eigenvalue weighted by molar-refractivity contribution is 7.09. The summed E-state index contributed by atoms with van der Waals surface area (Å²) in [6.45, 7) is 7.00. The Kier molecular flexibility index (Phi) is 3.12. The zero-order chi connectivity index (χ0) is 11.6. The van der Waals surface area contributed by atoms with Crippen molar-refractivity contribution in [2.75, 3.05) is 0 Å². The molecule has 86 valence electrons.